The van der Waals surface area contributed by atoms with Gasteiger partial charge in [-0.2, -0.15) is 5.10 Å². The molecule has 0 saturated carbocycles. The molecule has 0 aliphatic carbocycles. The number of rotatable bonds is 3. The predicted molar refractivity (Wildman–Crippen MR) is 57.0 cm³/mol. The van der Waals surface area contributed by atoms with Crippen LogP contribution in [0, 0.1) is 17.0 Å². The lowest BCUT2D eigenvalue weighted by Gasteiger charge is -1.96. The molecule has 2 aromatic rings. The number of aryl methyl sites for hydroxylation is 1. The summed E-state index contributed by atoms with van der Waals surface area (Å²) in [7, 11) is 0. The monoisotopic (exact) mass is 218 g/mol. The SMILES string of the molecule is Cc1nc(Cc2ccc([N+](=O)[O-])cc2)n[nH]1. The Morgan fingerprint density at radius 1 is 1.38 bits per heavy atom. The molecule has 6 nitrogen and oxygen atoms in total. The van der Waals surface area contributed by atoms with Crippen LogP contribution in [0.1, 0.15) is 17.2 Å². The topological polar surface area (TPSA) is 84.7 Å². The average Bonchev–Trinajstić information content (AvgIpc) is 2.65. The first-order valence-corrected chi connectivity index (χ1v) is 4.76. The van der Waals surface area contributed by atoms with E-state index in [-0.39, 0.29) is 5.69 Å². The Labute approximate surface area is 91.5 Å². The van der Waals surface area contributed by atoms with Gasteiger partial charge in [-0.15, -0.1) is 0 Å². The highest BCUT2D eigenvalue weighted by Gasteiger charge is 2.06. The molecule has 0 aliphatic rings. The Kier molecular flexibility index (Phi) is 2.63. The number of aromatic nitrogens is 3. The number of aromatic amines is 1. The summed E-state index contributed by atoms with van der Waals surface area (Å²) in [6.45, 7) is 1.83. The Balaban J connectivity index is 2.14. The third-order valence-corrected chi connectivity index (χ3v) is 2.15. The molecule has 0 spiro atoms. The number of nitro groups is 1. The van der Waals surface area contributed by atoms with Crippen molar-refractivity contribution in [3.8, 4) is 0 Å². The second-order valence-corrected chi connectivity index (χ2v) is 3.44. The molecule has 1 N–H and O–H groups in total. The molecule has 0 atom stereocenters. The lowest BCUT2D eigenvalue weighted by Crippen LogP contribution is -1.92. The molecule has 6 heteroatoms. The van der Waals surface area contributed by atoms with Crippen molar-refractivity contribution in [2.75, 3.05) is 0 Å². The number of benzene rings is 1. The summed E-state index contributed by atoms with van der Waals surface area (Å²) in [6.07, 6.45) is 0.572. The van der Waals surface area contributed by atoms with Crippen LogP contribution in [0.15, 0.2) is 24.3 Å². The molecule has 1 aromatic heterocycles. The zero-order valence-corrected chi connectivity index (χ0v) is 8.67. The van der Waals surface area contributed by atoms with Crippen LogP contribution < -0.4 is 0 Å². The van der Waals surface area contributed by atoms with Crippen LogP contribution in [0.4, 0.5) is 5.69 Å². The molecule has 0 saturated heterocycles. The molecule has 0 bridgehead atoms. The van der Waals surface area contributed by atoms with E-state index in [0.29, 0.717) is 12.2 Å². The molecule has 82 valence electrons. The highest BCUT2D eigenvalue weighted by atomic mass is 16.6. The van der Waals surface area contributed by atoms with Crippen LogP contribution in [0.3, 0.4) is 0 Å². The maximum absolute atomic E-state index is 10.4. The van der Waals surface area contributed by atoms with Gasteiger partial charge in [0.25, 0.3) is 5.69 Å². The van der Waals surface area contributed by atoms with Crippen molar-refractivity contribution < 1.29 is 4.92 Å². The normalized spacial score (nSPS) is 10.3. The predicted octanol–water partition coefficient (Wildman–Crippen LogP) is 1.61. The van der Waals surface area contributed by atoms with Gasteiger partial charge in [0.1, 0.15) is 5.82 Å². The van der Waals surface area contributed by atoms with E-state index >= 15 is 0 Å². The van der Waals surface area contributed by atoms with Crippen molar-refractivity contribution in [2.45, 2.75) is 13.3 Å². The van der Waals surface area contributed by atoms with Crippen molar-refractivity contribution in [1.82, 2.24) is 15.2 Å². The van der Waals surface area contributed by atoms with Gasteiger partial charge in [-0.3, -0.25) is 15.2 Å². The number of nitrogens with zero attached hydrogens (tertiary/aromatic N) is 3. The van der Waals surface area contributed by atoms with Crippen LogP contribution in [0.5, 0.6) is 0 Å². The fourth-order valence-electron chi connectivity index (χ4n) is 1.39. The first-order chi connectivity index (χ1) is 7.65. The fraction of sp³-hybridized carbons (Fsp3) is 0.200. The summed E-state index contributed by atoms with van der Waals surface area (Å²) >= 11 is 0. The van der Waals surface area contributed by atoms with Gasteiger partial charge in [-0.1, -0.05) is 12.1 Å². The van der Waals surface area contributed by atoms with Crippen LogP contribution in [0.2, 0.25) is 0 Å². The fourth-order valence-corrected chi connectivity index (χ4v) is 1.39. The Morgan fingerprint density at radius 3 is 2.56 bits per heavy atom. The Hall–Kier alpha value is -2.24. The van der Waals surface area contributed by atoms with E-state index < -0.39 is 4.92 Å². The van der Waals surface area contributed by atoms with Gasteiger partial charge in [0, 0.05) is 18.6 Å². The van der Waals surface area contributed by atoms with Crippen LogP contribution in [0.25, 0.3) is 0 Å². The van der Waals surface area contributed by atoms with Gasteiger partial charge in [0.15, 0.2) is 5.82 Å². The lowest BCUT2D eigenvalue weighted by molar-refractivity contribution is -0.384. The largest absolute Gasteiger partial charge is 0.269 e. The molecule has 0 aliphatic heterocycles. The summed E-state index contributed by atoms with van der Waals surface area (Å²) in [4.78, 5) is 14.2. The van der Waals surface area contributed by atoms with Crippen LogP contribution >= 0.6 is 0 Å². The third kappa shape index (κ3) is 2.22. The lowest BCUT2D eigenvalue weighted by atomic mass is 10.1. The van der Waals surface area contributed by atoms with Crippen LogP contribution in [-0.2, 0) is 6.42 Å². The first kappa shape index (κ1) is 10.3. The zero-order valence-electron chi connectivity index (χ0n) is 8.67. The highest BCUT2D eigenvalue weighted by Crippen LogP contribution is 2.13. The molecule has 1 aromatic carbocycles. The van der Waals surface area contributed by atoms with Crippen molar-refractivity contribution in [3.63, 3.8) is 0 Å². The molecule has 0 fully saturated rings. The summed E-state index contributed by atoms with van der Waals surface area (Å²) in [5.74, 6) is 1.45. The maximum atomic E-state index is 10.4. The third-order valence-electron chi connectivity index (χ3n) is 2.15. The number of non-ortho nitro benzene ring substituents is 1. The second-order valence-electron chi connectivity index (χ2n) is 3.44. The van der Waals surface area contributed by atoms with Gasteiger partial charge in [-0.05, 0) is 12.5 Å². The van der Waals surface area contributed by atoms with Gasteiger partial charge in [-0.25, -0.2) is 4.98 Å². The minimum Gasteiger partial charge on any atom is -0.263 e. The molecule has 2 rings (SSSR count). The van der Waals surface area contributed by atoms with E-state index in [4.69, 9.17) is 0 Å². The van der Waals surface area contributed by atoms with Gasteiger partial charge >= 0.3 is 0 Å². The molecular formula is C10H10N4O2. The molecule has 16 heavy (non-hydrogen) atoms. The number of nitro benzene ring substituents is 1. The summed E-state index contributed by atoms with van der Waals surface area (Å²) in [6, 6.07) is 6.39. The summed E-state index contributed by atoms with van der Waals surface area (Å²) < 4.78 is 0. The van der Waals surface area contributed by atoms with E-state index in [1.54, 1.807) is 12.1 Å². The van der Waals surface area contributed by atoms with E-state index in [1.807, 2.05) is 6.92 Å². The summed E-state index contributed by atoms with van der Waals surface area (Å²) in [5.41, 5.74) is 1.04. The smallest absolute Gasteiger partial charge is 0.263 e. The molecule has 1 heterocycles. The standard InChI is InChI=1S/C10H10N4O2/c1-7-11-10(13-12-7)6-8-2-4-9(5-3-8)14(15)16/h2-5H,6H2,1H3,(H,11,12,13). The van der Waals surface area contributed by atoms with E-state index in [1.165, 1.54) is 12.1 Å². The van der Waals surface area contributed by atoms with E-state index in [0.717, 1.165) is 11.4 Å². The second kappa shape index (κ2) is 4.09. The molecule has 0 radical (unpaired) electrons. The number of H-pyrrole nitrogens is 1. The van der Waals surface area contributed by atoms with E-state index in [2.05, 4.69) is 15.2 Å². The average molecular weight is 218 g/mol. The van der Waals surface area contributed by atoms with Gasteiger partial charge in [0.2, 0.25) is 0 Å². The number of hydrogen-bond donors (Lipinski definition) is 1. The van der Waals surface area contributed by atoms with Crippen molar-refractivity contribution in [3.05, 3.63) is 51.6 Å². The molecule has 0 amide bonds. The van der Waals surface area contributed by atoms with Crippen molar-refractivity contribution in [2.24, 2.45) is 0 Å². The Morgan fingerprint density at radius 2 is 2.06 bits per heavy atom. The summed E-state index contributed by atoms with van der Waals surface area (Å²) in [5, 5.41) is 17.2. The minimum atomic E-state index is -0.416. The van der Waals surface area contributed by atoms with Gasteiger partial charge in [0.05, 0.1) is 4.92 Å². The van der Waals surface area contributed by atoms with Gasteiger partial charge < -0.3 is 0 Å². The quantitative estimate of drug-likeness (QED) is 0.626. The molecule has 0 unspecified atom stereocenters. The maximum Gasteiger partial charge on any atom is 0.269 e. The number of hydrogen-bond acceptors (Lipinski definition) is 4. The van der Waals surface area contributed by atoms with Crippen molar-refractivity contribution in [1.29, 1.82) is 0 Å². The zero-order chi connectivity index (χ0) is 11.5. The first-order valence-electron chi connectivity index (χ1n) is 4.76. The van der Waals surface area contributed by atoms with Crippen molar-refractivity contribution >= 4 is 5.69 Å². The molecular weight excluding hydrogens is 208 g/mol. The van der Waals surface area contributed by atoms with Crippen LogP contribution in [-0.4, -0.2) is 20.1 Å². The number of nitrogens with one attached hydrogen (secondary N) is 1. The van der Waals surface area contributed by atoms with E-state index in [9.17, 15) is 10.1 Å². The minimum absolute atomic E-state index is 0.0925. The Bertz CT molecular complexity index is 504. The highest BCUT2D eigenvalue weighted by molar-refractivity contribution is 5.33.